The number of hydrogen-bond acceptors (Lipinski definition) is 3. The highest BCUT2D eigenvalue weighted by atomic mass is 16.5. The molecule has 0 amide bonds. The summed E-state index contributed by atoms with van der Waals surface area (Å²) < 4.78 is 5.31. The molecule has 0 radical (unpaired) electrons. The molecule has 0 aliphatic rings. The molecule has 1 rings (SSSR count). The number of nitrogens with two attached hydrogens (primary N) is 1. The molecule has 0 aliphatic heterocycles. The van der Waals surface area contributed by atoms with Crippen LogP contribution in [0, 0.1) is 0 Å². The summed E-state index contributed by atoms with van der Waals surface area (Å²) in [5, 5.41) is 0. The van der Waals surface area contributed by atoms with Crippen molar-refractivity contribution in [3.8, 4) is 5.75 Å². The lowest BCUT2D eigenvalue weighted by molar-refractivity contribution is -0.118. The first-order valence-corrected chi connectivity index (χ1v) is 5.13. The molecule has 2 N–H and O–H groups in total. The predicted molar refractivity (Wildman–Crippen MR) is 60.0 cm³/mol. The quantitative estimate of drug-likeness (QED) is 0.770. The number of hydrogen-bond donors (Lipinski definition) is 1. The molecular formula is C12H17NO2. The molecule has 82 valence electrons. The Bertz CT molecular complexity index is 323. The molecule has 0 atom stereocenters. The van der Waals surface area contributed by atoms with E-state index in [2.05, 4.69) is 0 Å². The molecule has 0 aromatic heterocycles. The number of Topliss-reactive ketones (excluding diaryl/α,β-unsaturated/α-hetero) is 1. The fourth-order valence-electron chi connectivity index (χ4n) is 1.28. The van der Waals surface area contributed by atoms with Gasteiger partial charge in [0.05, 0.1) is 0 Å². The second-order valence-electron chi connectivity index (χ2n) is 3.53. The number of benzene rings is 1. The summed E-state index contributed by atoms with van der Waals surface area (Å²) in [7, 11) is 0. The molecule has 0 saturated heterocycles. The van der Waals surface area contributed by atoms with Crippen LogP contribution in [0.5, 0.6) is 5.75 Å². The topological polar surface area (TPSA) is 52.3 Å². The molecule has 0 bridgehead atoms. The summed E-state index contributed by atoms with van der Waals surface area (Å²) in [5.74, 6) is 0.780. The fourth-order valence-corrected chi connectivity index (χ4v) is 1.28. The Hall–Kier alpha value is -1.35. The largest absolute Gasteiger partial charge is 0.486 e. The number of carbonyl (C=O) groups excluding carboxylic acids is 1. The Morgan fingerprint density at radius 2 is 2.27 bits per heavy atom. The van der Waals surface area contributed by atoms with Crippen molar-refractivity contribution in [3.63, 3.8) is 0 Å². The van der Waals surface area contributed by atoms with Gasteiger partial charge in [0, 0.05) is 0 Å². The van der Waals surface area contributed by atoms with E-state index in [4.69, 9.17) is 10.5 Å². The SMILES string of the molecule is CC(=O)COc1cccc(CCCN)c1. The molecule has 0 fully saturated rings. The fraction of sp³-hybridized carbons (Fsp3) is 0.417. The van der Waals surface area contributed by atoms with Gasteiger partial charge in [0.15, 0.2) is 5.78 Å². The highest BCUT2D eigenvalue weighted by molar-refractivity contribution is 5.77. The number of aryl methyl sites for hydroxylation is 1. The van der Waals surface area contributed by atoms with Crippen molar-refractivity contribution in [1.29, 1.82) is 0 Å². The molecule has 0 unspecified atom stereocenters. The highest BCUT2D eigenvalue weighted by Gasteiger charge is 1.98. The zero-order valence-corrected chi connectivity index (χ0v) is 9.03. The van der Waals surface area contributed by atoms with Gasteiger partial charge in [0.25, 0.3) is 0 Å². The summed E-state index contributed by atoms with van der Waals surface area (Å²) in [6.07, 6.45) is 1.92. The van der Waals surface area contributed by atoms with E-state index >= 15 is 0 Å². The molecule has 0 spiro atoms. The summed E-state index contributed by atoms with van der Waals surface area (Å²) >= 11 is 0. The number of carbonyl (C=O) groups is 1. The molecule has 15 heavy (non-hydrogen) atoms. The molecule has 0 aliphatic carbocycles. The lowest BCUT2D eigenvalue weighted by atomic mass is 10.1. The van der Waals surface area contributed by atoms with Crippen LogP contribution in [-0.4, -0.2) is 18.9 Å². The van der Waals surface area contributed by atoms with Crippen LogP contribution < -0.4 is 10.5 Å². The third-order valence-corrected chi connectivity index (χ3v) is 2.01. The maximum absolute atomic E-state index is 10.7. The molecule has 0 heterocycles. The minimum absolute atomic E-state index is 0.0300. The van der Waals surface area contributed by atoms with E-state index in [0.717, 1.165) is 18.6 Å². The van der Waals surface area contributed by atoms with Gasteiger partial charge in [-0.1, -0.05) is 12.1 Å². The van der Waals surface area contributed by atoms with E-state index in [-0.39, 0.29) is 12.4 Å². The average molecular weight is 207 g/mol. The van der Waals surface area contributed by atoms with Crippen molar-refractivity contribution < 1.29 is 9.53 Å². The van der Waals surface area contributed by atoms with Crippen LogP contribution in [0.2, 0.25) is 0 Å². The first-order chi connectivity index (χ1) is 7.22. The number of ether oxygens (including phenoxy) is 1. The Balaban J connectivity index is 2.53. The van der Waals surface area contributed by atoms with Gasteiger partial charge in [-0.05, 0) is 44.0 Å². The van der Waals surface area contributed by atoms with Gasteiger partial charge in [-0.3, -0.25) is 4.79 Å². The van der Waals surface area contributed by atoms with Crippen LogP contribution in [0.25, 0.3) is 0 Å². The zero-order chi connectivity index (χ0) is 11.1. The van der Waals surface area contributed by atoms with Gasteiger partial charge in [0.1, 0.15) is 12.4 Å². The molecule has 0 saturated carbocycles. The first kappa shape index (κ1) is 11.7. The Morgan fingerprint density at radius 3 is 2.93 bits per heavy atom. The van der Waals surface area contributed by atoms with Crippen molar-refractivity contribution in [2.45, 2.75) is 19.8 Å². The second-order valence-corrected chi connectivity index (χ2v) is 3.53. The lowest BCUT2D eigenvalue weighted by Crippen LogP contribution is -2.06. The minimum atomic E-state index is 0.0300. The average Bonchev–Trinajstić information content (AvgIpc) is 2.24. The maximum Gasteiger partial charge on any atom is 0.167 e. The predicted octanol–water partition coefficient (Wildman–Crippen LogP) is 1.55. The first-order valence-electron chi connectivity index (χ1n) is 5.13. The van der Waals surface area contributed by atoms with Crippen LogP contribution in [0.3, 0.4) is 0 Å². The third kappa shape index (κ3) is 4.61. The van der Waals surface area contributed by atoms with Gasteiger partial charge in [0.2, 0.25) is 0 Å². The summed E-state index contributed by atoms with van der Waals surface area (Å²) in [6, 6.07) is 7.78. The Labute approximate surface area is 90.2 Å². The van der Waals surface area contributed by atoms with Crippen molar-refractivity contribution in [2.24, 2.45) is 5.73 Å². The van der Waals surface area contributed by atoms with E-state index in [1.54, 1.807) is 0 Å². The lowest BCUT2D eigenvalue weighted by Gasteiger charge is -2.05. The maximum atomic E-state index is 10.7. The van der Waals surface area contributed by atoms with Crippen molar-refractivity contribution in [2.75, 3.05) is 13.2 Å². The van der Waals surface area contributed by atoms with E-state index in [1.807, 2.05) is 24.3 Å². The van der Waals surface area contributed by atoms with E-state index in [0.29, 0.717) is 6.54 Å². The van der Waals surface area contributed by atoms with Gasteiger partial charge >= 0.3 is 0 Å². The van der Waals surface area contributed by atoms with Crippen molar-refractivity contribution >= 4 is 5.78 Å². The van der Waals surface area contributed by atoms with Crippen LogP contribution >= 0.6 is 0 Å². The number of ketones is 1. The number of rotatable bonds is 6. The molecule has 1 aromatic carbocycles. The summed E-state index contributed by atoms with van der Waals surface area (Å²) in [5.41, 5.74) is 6.63. The highest BCUT2D eigenvalue weighted by Crippen LogP contribution is 2.14. The Kier molecular flexibility index (Phi) is 4.84. The van der Waals surface area contributed by atoms with Crippen LogP contribution in [-0.2, 0) is 11.2 Å². The summed E-state index contributed by atoms with van der Waals surface area (Å²) in [4.78, 5) is 10.7. The molecule has 1 aromatic rings. The van der Waals surface area contributed by atoms with Gasteiger partial charge < -0.3 is 10.5 Å². The standard InChI is InChI=1S/C12H17NO2/c1-10(14)9-15-12-6-2-4-11(8-12)5-3-7-13/h2,4,6,8H,3,5,7,9,13H2,1H3. The normalized spacial score (nSPS) is 10.0. The van der Waals surface area contributed by atoms with Crippen LogP contribution in [0.15, 0.2) is 24.3 Å². The van der Waals surface area contributed by atoms with Gasteiger partial charge in [-0.2, -0.15) is 0 Å². The minimum Gasteiger partial charge on any atom is -0.486 e. The third-order valence-electron chi connectivity index (χ3n) is 2.01. The van der Waals surface area contributed by atoms with E-state index in [1.165, 1.54) is 12.5 Å². The van der Waals surface area contributed by atoms with Crippen molar-refractivity contribution in [1.82, 2.24) is 0 Å². The second kappa shape index (κ2) is 6.19. The molecular weight excluding hydrogens is 190 g/mol. The van der Waals surface area contributed by atoms with Crippen LogP contribution in [0.4, 0.5) is 0 Å². The van der Waals surface area contributed by atoms with Crippen molar-refractivity contribution in [3.05, 3.63) is 29.8 Å². The van der Waals surface area contributed by atoms with Crippen LogP contribution in [0.1, 0.15) is 18.9 Å². The zero-order valence-electron chi connectivity index (χ0n) is 9.03. The van der Waals surface area contributed by atoms with Gasteiger partial charge in [-0.15, -0.1) is 0 Å². The summed E-state index contributed by atoms with van der Waals surface area (Å²) in [6.45, 7) is 2.34. The molecule has 3 heteroatoms. The Morgan fingerprint density at radius 1 is 1.47 bits per heavy atom. The van der Waals surface area contributed by atoms with E-state index in [9.17, 15) is 4.79 Å². The smallest absolute Gasteiger partial charge is 0.167 e. The van der Waals surface area contributed by atoms with Gasteiger partial charge in [-0.25, -0.2) is 0 Å². The monoisotopic (exact) mass is 207 g/mol. The molecule has 3 nitrogen and oxygen atoms in total. The van der Waals surface area contributed by atoms with E-state index < -0.39 is 0 Å².